The zero-order chi connectivity index (χ0) is 28.7. The van der Waals surface area contributed by atoms with Crippen molar-refractivity contribution in [2.75, 3.05) is 31.3 Å². The number of methoxy groups -OCH3 is 3. The van der Waals surface area contributed by atoms with Crippen LogP contribution >= 0.6 is 0 Å². The van der Waals surface area contributed by atoms with Gasteiger partial charge < -0.3 is 14.2 Å². The predicted octanol–water partition coefficient (Wildman–Crippen LogP) is 3.58. The number of imide groups is 1. The largest absolute Gasteiger partial charge is 0.493 e. The molecule has 0 bridgehead atoms. The first-order valence-electron chi connectivity index (χ1n) is 11.8. The van der Waals surface area contributed by atoms with Crippen molar-refractivity contribution in [3.05, 3.63) is 86.5 Å². The molecular weight excluding hydrogens is 528 g/mol. The van der Waals surface area contributed by atoms with Gasteiger partial charge in [-0.1, -0.05) is 6.07 Å². The predicted molar refractivity (Wildman–Crippen MR) is 138 cm³/mol. The van der Waals surface area contributed by atoms with E-state index >= 15 is 0 Å². The monoisotopic (exact) mass is 550 g/mol. The Labute approximate surface area is 226 Å². The molecule has 0 N–H and O–H groups in total. The topological polar surface area (TPSA) is 164 Å². The second-order valence-corrected chi connectivity index (χ2v) is 8.81. The molecule has 0 saturated carbocycles. The fourth-order valence-corrected chi connectivity index (χ4v) is 5.03. The van der Waals surface area contributed by atoms with Gasteiger partial charge in [0.1, 0.15) is 12.0 Å². The molecule has 3 aromatic carbocycles. The number of benzene rings is 3. The summed E-state index contributed by atoms with van der Waals surface area (Å²) in [5, 5.41) is 23.8. The number of anilines is 2. The van der Waals surface area contributed by atoms with Gasteiger partial charge in [-0.05, 0) is 30.3 Å². The van der Waals surface area contributed by atoms with Crippen LogP contribution in [0.5, 0.6) is 17.2 Å². The average Bonchev–Trinajstić information content (AvgIpc) is 3.47. The number of rotatable bonds is 8. The molecule has 0 aromatic heterocycles. The van der Waals surface area contributed by atoms with Gasteiger partial charge in [-0.3, -0.25) is 34.7 Å². The molecule has 0 unspecified atom stereocenters. The van der Waals surface area contributed by atoms with Crippen molar-refractivity contribution in [2.24, 2.45) is 5.92 Å². The molecule has 3 atom stereocenters. The summed E-state index contributed by atoms with van der Waals surface area (Å²) in [5.41, 5.74) is 0.336. The number of non-ortho nitro benzene ring substituents is 2. The molecule has 2 aliphatic rings. The first-order valence-corrected chi connectivity index (χ1v) is 11.8. The highest BCUT2D eigenvalue weighted by Crippen LogP contribution is 2.52. The number of ether oxygens (including phenoxy) is 3. The van der Waals surface area contributed by atoms with Gasteiger partial charge in [0.05, 0.1) is 42.6 Å². The van der Waals surface area contributed by atoms with Gasteiger partial charge in [-0.2, -0.15) is 0 Å². The molecule has 3 aromatic rings. The fourth-order valence-electron chi connectivity index (χ4n) is 5.03. The summed E-state index contributed by atoms with van der Waals surface area (Å²) < 4.78 is 16.5. The van der Waals surface area contributed by atoms with E-state index in [-0.39, 0.29) is 34.2 Å². The van der Waals surface area contributed by atoms with Gasteiger partial charge in [0, 0.05) is 29.8 Å². The normalized spacial score (nSPS) is 19.9. The number of fused-ring (bicyclic) bond motifs is 1. The van der Waals surface area contributed by atoms with Crippen molar-refractivity contribution in [2.45, 2.75) is 12.1 Å². The molecule has 2 heterocycles. The van der Waals surface area contributed by atoms with Gasteiger partial charge in [-0.15, -0.1) is 0 Å². The van der Waals surface area contributed by atoms with E-state index in [4.69, 9.17) is 19.0 Å². The lowest BCUT2D eigenvalue weighted by atomic mass is 9.89. The Balaban J connectivity index is 1.65. The van der Waals surface area contributed by atoms with E-state index in [1.54, 1.807) is 18.2 Å². The highest BCUT2D eigenvalue weighted by Gasteiger charge is 2.61. The van der Waals surface area contributed by atoms with Crippen LogP contribution in [-0.4, -0.2) is 49.1 Å². The molecule has 0 radical (unpaired) electrons. The fraction of sp³-hybridized carbons (Fsp3) is 0.231. The minimum Gasteiger partial charge on any atom is -0.493 e. The Morgan fingerprint density at radius 1 is 0.775 bits per heavy atom. The summed E-state index contributed by atoms with van der Waals surface area (Å²) in [5.74, 6) is -1.65. The molecule has 2 fully saturated rings. The summed E-state index contributed by atoms with van der Waals surface area (Å²) in [6.45, 7) is 0. The zero-order valence-electron chi connectivity index (χ0n) is 21.4. The molecular formula is C26H22N4O10. The number of nitro groups is 2. The second-order valence-electron chi connectivity index (χ2n) is 8.81. The average molecular weight is 550 g/mol. The van der Waals surface area contributed by atoms with Crippen LogP contribution in [-0.2, 0) is 14.4 Å². The molecule has 0 spiro atoms. The Hall–Kier alpha value is -5.24. The number of nitrogens with zero attached hydrogens (tertiary/aromatic N) is 4. The minimum atomic E-state index is -1.30. The third-order valence-electron chi connectivity index (χ3n) is 6.78. The number of carbonyl (C=O) groups is 2. The number of amides is 2. The Morgan fingerprint density at radius 2 is 1.45 bits per heavy atom. The standard InChI is InChI=1S/C26H22N4O10/c1-37-19-12-11-18(22(38-2)23(19)39-3)21-20-24(40-28(21)16-5-4-6-17(13-16)30(35)36)26(32)27(25(20)31)14-7-9-15(10-8-14)29(33)34/h4-13,20-21,24H,1-3H3/t20-,21+,24+/m1/s1. The number of hydrogen-bond acceptors (Lipinski definition) is 11. The zero-order valence-corrected chi connectivity index (χ0v) is 21.4. The molecule has 206 valence electrons. The van der Waals surface area contributed by atoms with E-state index < -0.39 is 39.7 Å². The maximum absolute atomic E-state index is 13.9. The molecule has 14 nitrogen and oxygen atoms in total. The smallest absolute Gasteiger partial charge is 0.271 e. The van der Waals surface area contributed by atoms with Crippen molar-refractivity contribution in [3.63, 3.8) is 0 Å². The SMILES string of the molecule is COc1ccc([C@H]2[C@H]3C(=O)N(c4ccc([N+](=O)[O-])cc4)C(=O)[C@H]3ON2c2cccc([N+](=O)[O-])c2)c(OC)c1OC. The lowest BCUT2D eigenvalue weighted by molar-refractivity contribution is -0.385. The van der Waals surface area contributed by atoms with Crippen LogP contribution in [0.3, 0.4) is 0 Å². The van der Waals surface area contributed by atoms with Crippen LogP contribution in [0.1, 0.15) is 11.6 Å². The highest BCUT2D eigenvalue weighted by molar-refractivity contribution is 6.24. The van der Waals surface area contributed by atoms with Crippen LogP contribution in [0.2, 0.25) is 0 Å². The van der Waals surface area contributed by atoms with Crippen molar-refractivity contribution in [1.29, 1.82) is 0 Å². The van der Waals surface area contributed by atoms with Gasteiger partial charge in [0.2, 0.25) is 11.7 Å². The van der Waals surface area contributed by atoms with Crippen LogP contribution in [0, 0.1) is 26.1 Å². The summed E-state index contributed by atoms with van der Waals surface area (Å²) in [7, 11) is 4.26. The van der Waals surface area contributed by atoms with E-state index in [0.29, 0.717) is 11.3 Å². The van der Waals surface area contributed by atoms with Crippen molar-refractivity contribution in [1.82, 2.24) is 0 Å². The van der Waals surface area contributed by atoms with Crippen molar-refractivity contribution in [3.8, 4) is 17.2 Å². The number of carbonyl (C=O) groups excluding carboxylic acids is 2. The molecule has 5 rings (SSSR count). The van der Waals surface area contributed by atoms with Crippen LogP contribution < -0.4 is 24.2 Å². The van der Waals surface area contributed by atoms with E-state index in [1.165, 1.54) is 68.9 Å². The first-order chi connectivity index (χ1) is 19.2. The third kappa shape index (κ3) is 4.10. The molecule has 2 saturated heterocycles. The quantitative estimate of drug-likeness (QED) is 0.229. The first kappa shape index (κ1) is 26.4. The third-order valence-corrected chi connectivity index (χ3v) is 6.78. The van der Waals surface area contributed by atoms with Crippen molar-refractivity contribution >= 4 is 34.6 Å². The van der Waals surface area contributed by atoms with E-state index in [1.807, 2.05) is 0 Å². The van der Waals surface area contributed by atoms with E-state index in [0.717, 1.165) is 4.90 Å². The van der Waals surface area contributed by atoms with Crippen LogP contribution in [0.15, 0.2) is 60.7 Å². The highest BCUT2D eigenvalue weighted by atomic mass is 16.7. The van der Waals surface area contributed by atoms with Gasteiger partial charge >= 0.3 is 0 Å². The summed E-state index contributed by atoms with van der Waals surface area (Å²) in [6.07, 6.45) is -1.30. The molecule has 0 aliphatic carbocycles. The molecule has 2 aliphatic heterocycles. The maximum Gasteiger partial charge on any atom is 0.271 e. The maximum atomic E-state index is 13.9. The summed E-state index contributed by atoms with van der Waals surface area (Å²) in [6, 6.07) is 12.8. The van der Waals surface area contributed by atoms with E-state index in [9.17, 15) is 29.8 Å². The minimum absolute atomic E-state index is 0.138. The molecule has 40 heavy (non-hydrogen) atoms. The molecule has 14 heteroatoms. The number of hydroxylamine groups is 1. The van der Waals surface area contributed by atoms with Crippen LogP contribution in [0.4, 0.5) is 22.7 Å². The van der Waals surface area contributed by atoms with Gasteiger partial charge in [0.15, 0.2) is 17.6 Å². The van der Waals surface area contributed by atoms with Gasteiger partial charge in [0.25, 0.3) is 17.3 Å². The lowest BCUT2D eigenvalue weighted by Gasteiger charge is -2.30. The Kier molecular flexibility index (Phi) is 6.69. The number of hydrogen-bond donors (Lipinski definition) is 0. The number of nitro benzene ring substituents is 2. The Morgan fingerprint density at radius 3 is 2.05 bits per heavy atom. The summed E-state index contributed by atoms with van der Waals surface area (Å²) >= 11 is 0. The summed E-state index contributed by atoms with van der Waals surface area (Å²) in [4.78, 5) is 55.8. The van der Waals surface area contributed by atoms with E-state index in [2.05, 4.69) is 0 Å². The van der Waals surface area contributed by atoms with Crippen molar-refractivity contribution < 1.29 is 38.5 Å². The second kappa shape index (κ2) is 10.1. The van der Waals surface area contributed by atoms with Gasteiger partial charge in [-0.25, -0.2) is 9.96 Å². The molecule has 2 amide bonds. The van der Waals surface area contributed by atoms with Crippen LogP contribution in [0.25, 0.3) is 0 Å². The Bertz CT molecular complexity index is 1530. The lowest BCUT2D eigenvalue weighted by Crippen LogP contribution is -2.37.